The third-order valence-corrected chi connectivity index (χ3v) is 6.22. The maximum absolute atomic E-state index is 12.0. The summed E-state index contributed by atoms with van der Waals surface area (Å²) in [7, 11) is 1.77. The number of ether oxygens (including phenoxy) is 1. The van der Waals surface area contributed by atoms with Crippen LogP contribution in [-0.4, -0.2) is 37.6 Å². The molecule has 2 aromatic carbocycles. The summed E-state index contributed by atoms with van der Waals surface area (Å²) in [5.74, 6) is 0.600. The number of likely N-dealkylation sites (tertiary alicyclic amines) is 1. The zero-order valence-corrected chi connectivity index (χ0v) is 19.0. The van der Waals surface area contributed by atoms with Crippen molar-refractivity contribution in [1.82, 2.24) is 4.90 Å². The largest absolute Gasteiger partial charge is 0.377 e. The SMILES string of the molecule is COC(CCN1CCC(c2cccc(NC(=O)C(C)C)c2)CC1)c1ccc(Cl)cc1. The van der Waals surface area contributed by atoms with E-state index in [-0.39, 0.29) is 17.9 Å². The molecule has 0 saturated carbocycles. The molecule has 3 rings (SSSR count). The van der Waals surface area contributed by atoms with E-state index in [4.69, 9.17) is 16.3 Å². The minimum absolute atomic E-state index is 0.0132. The number of carbonyl (C=O) groups excluding carboxylic acids is 1. The molecule has 2 aromatic rings. The summed E-state index contributed by atoms with van der Waals surface area (Å²) in [6, 6.07) is 16.3. The lowest BCUT2D eigenvalue weighted by Crippen LogP contribution is -2.34. The number of hydrogen-bond donors (Lipinski definition) is 1. The molecule has 1 heterocycles. The average Bonchev–Trinajstić information content (AvgIpc) is 2.76. The number of rotatable bonds is 8. The van der Waals surface area contributed by atoms with Crippen LogP contribution in [0.25, 0.3) is 0 Å². The Kier molecular flexibility index (Phi) is 8.32. The molecule has 162 valence electrons. The maximum atomic E-state index is 12.0. The van der Waals surface area contributed by atoms with Crippen LogP contribution >= 0.6 is 11.6 Å². The number of carbonyl (C=O) groups is 1. The summed E-state index contributed by atoms with van der Waals surface area (Å²) in [6.45, 7) is 7.03. The number of benzene rings is 2. The normalized spacial score (nSPS) is 16.6. The van der Waals surface area contributed by atoms with Crippen LogP contribution in [0.1, 0.15) is 56.3 Å². The fraction of sp³-hybridized carbons (Fsp3) is 0.480. The van der Waals surface area contributed by atoms with Crippen LogP contribution in [0.4, 0.5) is 5.69 Å². The van der Waals surface area contributed by atoms with Crippen LogP contribution < -0.4 is 5.32 Å². The standard InChI is InChI=1S/C25H33ClN2O2/c1-18(2)25(29)27-23-6-4-5-21(17-23)19-11-14-28(15-12-19)16-13-24(30-3)20-7-9-22(26)10-8-20/h4-10,17-19,24H,11-16H2,1-3H3,(H,27,29). The minimum Gasteiger partial charge on any atom is -0.377 e. The average molecular weight is 429 g/mol. The van der Waals surface area contributed by atoms with Crippen molar-refractivity contribution in [3.8, 4) is 0 Å². The molecule has 0 radical (unpaired) electrons. The Labute approximate surface area is 185 Å². The highest BCUT2D eigenvalue weighted by Gasteiger charge is 2.22. The molecule has 4 nitrogen and oxygen atoms in total. The van der Waals surface area contributed by atoms with Gasteiger partial charge in [-0.25, -0.2) is 0 Å². The topological polar surface area (TPSA) is 41.6 Å². The first-order chi connectivity index (χ1) is 14.5. The van der Waals surface area contributed by atoms with Crippen LogP contribution in [-0.2, 0) is 9.53 Å². The molecule has 0 spiro atoms. The number of methoxy groups -OCH3 is 1. The molecule has 1 atom stereocenters. The van der Waals surface area contributed by atoms with Gasteiger partial charge >= 0.3 is 0 Å². The van der Waals surface area contributed by atoms with Crippen LogP contribution in [0.3, 0.4) is 0 Å². The van der Waals surface area contributed by atoms with Crippen molar-refractivity contribution in [1.29, 1.82) is 0 Å². The van der Waals surface area contributed by atoms with Gasteiger partial charge in [-0.15, -0.1) is 0 Å². The number of nitrogens with zero attached hydrogens (tertiary/aromatic N) is 1. The summed E-state index contributed by atoms with van der Waals surface area (Å²) in [5, 5.41) is 3.77. The molecular formula is C25H33ClN2O2. The van der Waals surface area contributed by atoms with Gasteiger partial charge in [0.1, 0.15) is 0 Å². The molecular weight excluding hydrogens is 396 g/mol. The number of piperidine rings is 1. The van der Waals surface area contributed by atoms with Crippen molar-refractivity contribution in [3.05, 3.63) is 64.7 Å². The van der Waals surface area contributed by atoms with Gasteiger partial charge in [0, 0.05) is 30.3 Å². The predicted octanol–water partition coefficient (Wildman–Crippen LogP) is 5.89. The zero-order chi connectivity index (χ0) is 21.5. The van der Waals surface area contributed by atoms with Crippen molar-refractivity contribution >= 4 is 23.2 Å². The molecule has 0 bridgehead atoms. The first-order valence-corrected chi connectivity index (χ1v) is 11.3. The molecule has 0 aromatic heterocycles. The molecule has 1 unspecified atom stereocenters. The summed E-state index contributed by atoms with van der Waals surface area (Å²) in [6.07, 6.45) is 3.35. The van der Waals surface area contributed by atoms with E-state index in [9.17, 15) is 4.79 Å². The van der Waals surface area contributed by atoms with E-state index in [0.717, 1.165) is 49.6 Å². The molecule has 1 amide bonds. The molecule has 5 heteroatoms. The van der Waals surface area contributed by atoms with Crippen LogP contribution in [0.2, 0.25) is 5.02 Å². The first kappa shape index (κ1) is 22.8. The lowest BCUT2D eigenvalue weighted by Gasteiger charge is -2.33. The van der Waals surface area contributed by atoms with E-state index < -0.39 is 0 Å². The zero-order valence-electron chi connectivity index (χ0n) is 18.2. The van der Waals surface area contributed by atoms with E-state index in [0.29, 0.717) is 5.92 Å². The summed E-state index contributed by atoms with van der Waals surface area (Å²) in [4.78, 5) is 14.5. The molecule has 1 aliphatic heterocycles. The van der Waals surface area contributed by atoms with Gasteiger partial charge in [-0.3, -0.25) is 4.79 Å². The maximum Gasteiger partial charge on any atom is 0.226 e. The van der Waals surface area contributed by atoms with Crippen LogP contribution in [0.15, 0.2) is 48.5 Å². The van der Waals surface area contributed by atoms with Gasteiger partial charge in [-0.2, -0.15) is 0 Å². The quantitative estimate of drug-likeness (QED) is 0.569. The first-order valence-electron chi connectivity index (χ1n) is 10.9. The smallest absolute Gasteiger partial charge is 0.226 e. The van der Waals surface area contributed by atoms with Crippen molar-refractivity contribution in [3.63, 3.8) is 0 Å². The summed E-state index contributed by atoms with van der Waals surface area (Å²) >= 11 is 6.00. The Morgan fingerprint density at radius 3 is 2.50 bits per heavy atom. The van der Waals surface area contributed by atoms with E-state index in [1.807, 2.05) is 50.2 Å². The second-order valence-corrected chi connectivity index (χ2v) is 8.89. The molecule has 0 aliphatic carbocycles. The highest BCUT2D eigenvalue weighted by Crippen LogP contribution is 2.30. The highest BCUT2D eigenvalue weighted by molar-refractivity contribution is 6.30. The third kappa shape index (κ3) is 6.31. The van der Waals surface area contributed by atoms with Crippen LogP contribution in [0.5, 0.6) is 0 Å². The third-order valence-electron chi connectivity index (χ3n) is 5.97. The number of anilines is 1. The number of halogens is 1. The minimum atomic E-state index is -0.0132. The van der Waals surface area contributed by atoms with Gasteiger partial charge in [0.25, 0.3) is 0 Å². The highest BCUT2D eigenvalue weighted by atomic mass is 35.5. The van der Waals surface area contributed by atoms with E-state index in [2.05, 4.69) is 22.3 Å². The van der Waals surface area contributed by atoms with E-state index in [1.165, 1.54) is 11.1 Å². The fourth-order valence-electron chi connectivity index (χ4n) is 4.04. The number of amides is 1. The van der Waals surface area contributed by atoms with Crippen molar-refractivity contribution in [2.45, 2.75) is 45.1 Å². The Morgan fingerprint density at radius 2 is 1.87 bits per heavy atom. The van der Waals surface area contributed by atoms with Gasteiger partial charge in [-0.1, -0.05) is 49.7 Å². The molecule has 30 heavy (non-hydrogen) atoms. The summed E-state index contributed by atoms with van der Waals surface area (Å²) < 4.78 is 5.72. The summed E-state index contributed by atoms with van der Waals surface area (Å²) in [5.41, 5.74) is 3.41. The molecule has 1 fully saturated rings. The van der Waals surface area contributed by atoms with Crippen molar-refractivity contribution in [2.75, 3.05) is 32.1 Å². The van der Waals surface area contributed by atoms with Crippen molar-refractivity contribution < 1.29 is 9.53 Å². The number of hydrogen-bond acceptors (Lipinski definition) is 3. The Morgan fingerprint density at radius 1 is 1.17 bits per heavy atom. The lowest BCUT2D eigenvalue weighted by atomic mass is 9.89. The monoisotopic (exact) mass is 428 g/mol. The van der Waals surface area contributed by atoms with E-state index in [1.54, 1.807) is 7.11 Å². The van der Waals surface area contributed by atoms with E-state index >= 15 is 0 Å². The second-order valence-electron chi connectivity index (χ2n) is 8.45. The second kappa shape index (κ2) is 10.9. The molecule has 1 N–H and O–H groups in total. The van der Waals surface area contributed by atoms with Crippen molar-refractivity contribution in [2.24, 2.45) is 5.92 Å². The lowest BCUT2D eigenvalue weighted by molar-refractivity contribution is -0.118. The molecule has 1 saturated heterocycles. The Bertz CT molecular complexity index is 814. The molecule has 1 aliphatic rings. The van der Waals surface area contributed by atoms with Gasteiger partial charge in [0.2, 0.25) is 5.91 Å². The predicted molar refractivity (Wildman–Crippen MR) is 124 cm³/mol. The van der Waals surface area contributed by atoms with Gasteiger partial charge in [-0.05, 0) is 73.7 Å². The fourth-order valence-corrected chi connectivity index (χ4v) is 4.17. The van der Waals surface area contributed by atoms with Gasteiger partial charge in [0.15, 0.2) is 0 Å². The van der Waals surface area contributed by atoms with Crippen LogP contribution in [0, 0.1) is 5.92 Å². The number of nitrogens with one attached hydrogen (secondary N) is 1. The van der Waals surface area contributed by atoms with Gasteiger partial charge in [0.05, 0.1) is 6.10 Å². The van der Waals surface area contributed by atoms with Gasteiger partial charge < -0.3 is 15.0 Å². The Balaban J connectivity index is 1.50. The Hall–Kier alpha value is -1.88.